The van der Waals surface area contributed by atoms with E-state index in [0.717, 1.165) is 17.4 Å². The lowest BCUT2D eigenvalue weighted by molar-refractivity contribution is 0.0300. The summed E-state index contributed by atoms with van der Waals surface area (Å²) in [4.78, 5) is 4.23. The lowest BCUT2D eigenvalue weighted by Gasteiger charge is -2.38. The molecule has 2 aliphatic rings. The Labute approximate surface area is 115 Å². The second kappa shape index (κ2) is 4.12. The van der Waals surface area contributed by atoms with Gasteiger partial charge in [-0.2, -0.15) is 0 Å². The normalized spacial score (nSPS) is 35.4. The molecule has 3 heteroatoms. The van der Waals surface area contributed by atoms with Crippen LogP contribution in [0.5, 0.6) is 5.75 Å². The number of aromatic nitrogens is 1. The van der Waals surface area contributed by atoms with Gasteiger partial charge in [0.15, 0.2) is 0 Å². The molecule has 0 saturated heterocycles. The van der Waals surface area contributed by atoms with Crippen molar-refractivity contribution in [1.82, 2.24) is 4.98 Å². The molecule has 0 amide bonds. The van der Waals surface area contributed by atoms with Gasteiger partial charge in [-0.05, 0) is 30.6 Å². The number of nitrogens with zero attached hydrogens (tertiary/aromatic N) is 1. The van der Waals surface area contributed by atoms with Crippen LogP contribution in [0.1, 0.15) is 40.0 Å². The van der Waals surface area contributed by atoms with E-state index in [2.05, 4.69) is 31.1 Å². The van der Waals surface area contributed by atoms with Gasteiger partial charge in [0.2, 0.25) is 0 Å². The molecule has 2 fully saturated rings. The molecule has 2 bridgehead atoms. The standard InChI is InChI=1S/C16H24N2O/c1-15(2)11-5-6-16(15,3)14(7-11)19-13-8-12(17-4)9-18-10-13/h8-11,14,17H,5-7H2,1-4H3. The lowest BCUT2D eigenvalue weighted by Crippen LogP contribution is -2.38. The fourth-order valence-electron chi connectivity index (χ4n) is 4.09. The first-order chi connectivity index (χ1) is 8.97. The third-order valence-electron chi connectivity index (χ3n) is 5.99. The summed E-state index contributed by atoms with van der Waals surface area (Å²) in [6.45, 7) is 7.23. The first kappa shape index (κ1) is 12.8. The fraction of sp³-hybridized carbons (Fsp3) is 0.688. The van der Waals surface area contributed by atoms with Gasteiger partial charge in [-0.3, -0.25) is 4.98 Å². The average Bonchev–Trinajstić information content (AvgIpc) is 2.72. The van der Waals surface area contributed by atoms with Gasteiger partial charge in [0.1, 0.15) is 11.9 Å². The van der Waals surface area contributed by atoms with Crippen LogP contribution < -0.4 is 10.1 Å². The lowest BCUT2D eigenvalue weighted by atomic mass is 9.70. The van der Waals surface area contributed by atoms with Crippen LogP contribution in [0.3, 0.4) is 0 Å². The second-order valence-corrected chi connectivity index (χ2v) is 6.88. The molecule has 1 heterocycles. The molecule has 2 aliphatic carbocycles. The number of hydrogen-bond acceptors (Lipinski definition) is 3. The molecule has 1 N–H and O–H groups in total. The first-order valence-corrected chi connectivity index (χ1v) is 7.27. The smallest absolute Gasteiger partial charge is 0.140 e. The molecule has 2 saturated carbocycles. The molecule has 0 aromatic carbocycles. The maximum Gasteiger partial charge on any atom is 0.140 e. The van der Waals surface area contributed by atoms with Crippen molar-refractivity contribution in [2.75, 3.05) is 12.4 Å². The molecule has 0 radical (unpaired) electrons. The van der Waals surface area contributed by atoms with E-state index in [9.17, 15) is 0 Å². The maximum absolute atomic E-state index is 6.29. The minimum absolute atomic E-state index is 0.299. The van der Waals surface area contributed by atoms with Crippen LogP contribution in [0.25, 0.3) is 0 Å². The van der Waals surface area contributed by atoms with Crippen LogP contribution in [0, 0.1) is 16.7 Å². The van der Waals surface area contributed by atoms with Gasteiger partial charge in [-0.25, -0.2) is 0 Å². The van der Waals surface area contributed by atoms with E-state index < -0.39 is 0 Å². The molecule has 0 spiro atoms. The SMILES string of the molecule is CNc1cncc(OC2CC3CCC2(C)C3(C)C)c1. The molecular weight excluding hydrogens is 236 g/mol. The van der Waals surface area contributed by atoms with Crippen molar-refractivity contribution in [3.05, 3.63) is 18.5 Å². The van der Waals surface area contributed by atoms with Crippen molar-refractivity contribution in [1.29, 1.82) is 0 Å². The number of nitrogens with one attached hydrogen (secondary N) is 1. The number of ether oxygens (including phenoxy) is 1. The second-order valence-electron chi connectivity index (χ2n) is 6.88. The Morgan fingerprint density at radius 1 is 1.32 bits per heavy atom. The number of rotatable bonds is 3. The van der Waals surface area contributed by atoms with Crippen LogP contribution >= 0.6 is 0 Å². The van der Waals surface area contributed by atoms with Crippen molar-refractivity contribution in [3.8, 4) is 5.75 Å². The summed E-state index contributed by atoms with van der Waals surface area (Å²) in [5, 5.41) is 3.11. The van der Waals surface area contributed by atoms with Crippen molar-refractivity contribution < 1.29 is 4.74 Å². The molecular formula is C16H24N2O. The minimum atomic E-state index is 0.299. The van der Waals surface area contributed by atoms with Crippen molar-refractivity contribution in [2.45, 2.75) is 46.1 Å². The third kappa shape index (κ3) is 1.74. The van der Waals surface area contributed by atoms with E-state index in [4.69, 9.17) is 4.74 Å². The van der Waals surface area contributed by atoms with E-state index in [1.54, 1.807) is 0 Å². The Morgan fingerprint density at radius 2 is 2.11 bits per heavy atom. The average molecular weight is 260 g/mol. The van der Waals surface area contributed by atoms with E-state index in [1.807, 2.05) is 25.5 Å². The van der Waals surface area contributed by atoms with E-state index >= 15 is 0 Å². The zero-order valence-corrected chi connectivity index (χ0v) is 12.4. The summed E-state index contributed by atoms with van der Waals surface area (Å²) >= 11 is 0. The summed E-state index contributed by atoms with van der Waals surface area (Å²) in [7, 11) is 1.91. The minimum Gasteiger partial charge on any atom is -0.488 e. The Bertz CT molecular complexity index is 485. The van der Waals surface area contributed by atoms with E-state index in [0.29, 0.717) is 16.9 Å². The molecule has 1 aromatic heterocycles. The Kier molecular flexibility index (Phi) is 2.77. The fourth-order valence-corrected chi connectivity index (χ4v) is 4.09. The van der Waals surface area contributed by atoms with Crippen LogP contribution in [-0.2, 0) is 0 Å². The third-order valence-corrected chi connectivity index (χ3v) is 5.99. The van der Waals surface area contributed by atoms with E-state index in [-0.39, 0.29) is 0 Å². The largest absolute Gasteiger partial charge is 0.488 e. The van der Waals surface area contributed by atoms with Gasteiger partial charge >= 0.3 is 0 Å². The number of pyridine rings is 1. The summed E-state index contributed by atoms with van der Waals surface area (Å²) in [6.07, 6.45) is 7.80. The number of anilines is 1. The highest BCUT2D eigenvalue weighted by molar-refractivity contribution is 5.44. The number of hydrogen-bond donors (Lipinski definition) is 1. The molecule has 3 unspecified atom stereocenters. The molecule has 3 atom stereocenters. The highest BCUT2D eigenvalue weighted by Gasteiger charge is 2.62. The number of fused-ring (bicyclic) bond motifs is 2. The summed E-state index contributed by atoms with van der Waals surface area (Å²) in [6, 6.07) is 2.04. The zero-order chi connectivity index (χ0) is 13.7. The van der Waals surface area contributed by atoms with Gasteiger partial charge in [0.05, 0.1) is 18.1 Å². The van der Waals surface area contributed by atoms with Crippen LogP contribution in [0.4, 0.5) is 5.69 Å². The van der Waals surface area contributed by atoms with Crippen molar-refractivity contribution in [3.63, 3.8) is 0 Å². The van der Waals surface area contributed by atoms with Crippen molar-refractivity contribution >= 4 is 5.69 Å². The summed E-state index contributed by atoms with van der Waals surface area (Å²) < 4.78 is 6.29. The van der Waals surface area contributed by atoms with Gasteiger partial charge < -0.3 is 10.1 Å². The molecule has 0 aliphatic heterocycles. The van der Waals surface area contributed by atoms with Gasteiger partial charge in [0, 0.05) is 18.5 Å². The van der Waals surface area contributed by atoms with Gasteiger partial charge in [-0.15, -0.1) is 0 Å². The summed E-state index contributed by atoms with van der Waals surface area (Å²) in [5.74, 6) is 1.70. The monoisotopic (exact) mass is 260 g/mol. The molecule has 19 heavy (non-hydrogen) atoms. The van der Waals surface area contributed by atoms with E-state index in [1.165, 1.54) is 19.3 Å². The molecule has 104 valence electrons. The Hall–Kier alpha value is -1.25. The highest BCUT2D eigenvalue weighted by atomic mass is 16.5. The topological polar surface area (TPSA) is 34.2 Å². The predicted octanol–water partition coefficient (Wildman–Crippen LogP) is 3.72. The highest BCUT2D eigenvalue weighted by Crippen LogP contribution is 2.66. The van der Waals surface area contributed by atoms with Crippen LogP contribution in [0.2, 0.25) is 0 Å². The molecule has 3 rings (SSSR count). The van der Waals surface area contributed by atoms with Crippen molar-refractivity contribution in [2.24, 2.45) is 16.7 Å². The van der Waals surface area contributed by atoms with Crippen LogP contribution in [-0.4, -0.2) is 18.1 Å². The maximum atomic E-state index is 6.29. The van der Waals surface area contributed by atoms with Gasteiger partial charge in [-0.1, -0.05) is 20.8 Å². The summed E-state index contributed by atoms with van der Waals surface area (Å²) in [5.41, 5.74) is 1.70. The zero-order valence-electron chi connectivity index (χ0n) is 12.4. The molecule has 1 aromatic rings. The van der Waals surface area contributed by atoms with Gasteiger partial charge in [0.25, 0.3) is 0 Å². The van der Waals surface area contributed by atoms with Crippen LogP contribution in [0.15, 0.2) is 18.5 Å². The first-order valence-electron chi connectivity index (χ1n) is 7.27. The quantitative estimate of drug-likeness (QED) is 0.899. The Morgan fingerprint density at radius 3 is 2.68 bits per heavy atom. The Balaban J connectivity index is 1.82. The predicted molar refractivity (Wildman–Crippen MR) is 77.4 cm³/mol. The molecule has 3 nitrogen and oxygen atoms in total.